The van der Waals surface area contributed by atoms with Gasteiger partial charge in [0, 0.05) is 10.6 Å². The summed E-state index contributed by atoms with van der Waals surface area (Å²) in [4.78, 5) is 4.36. The van der Waals surface area contributed by atoms with Crippen LogP contribution >= 0.6 is 11.6 Å². The molecule has 0 aliphatic rings. The van der Waals surface area contributed by atoms with Crippen molar-refractivity contribution in [3.63, 3.8) is 0 Å². The van der Waals surface area contributed by atoms with Gasteiger partial charge in [-0.05, 0) is 45.0 Å². The first-order valence-electron chi connectivity index (χ1n) is 4.50. The summed E-state index contributed by atoms with van der Waals surface area (Å²) in [5.74, 6) is 0.550. The van der Waals surface area contributed by atoms with Crippen molar-refractivity contribution in [2.75, 3.05) is 0 Å². The van der Waals surface area contributed by atoms with E-state index in [4.69, 9.17) is 17.3 Å². The smallest absolute Gasteiger partial charge is 0.126 e. The summed E-state index contributed by atoms with van der Waals surface area (Å²) in [6, 6.07) is 7.35. The molecule has 2 nitrogen and oxygen atoms in total. The van der Waals surface area contributed by atoms with E-state index in [1.54, 1.807) is 0 Å². The number of amidine groups is 1. The van der Waals surface area contributed by atoms with E-state index in [1.165, 1.54) is 0 Å². The van der Waals surface area contributed by atoms with Gasteiger partial charge in [-0.1, -0.05) is 11.6 Å². The topological polar surface area (TPSA) is 38.4 Å². The maximum atomic E-state index is 5.84. The van der Waals surface area contributed by atoms with Gasteiger partial charge in [0.1, 0.15) is 5.84 Å². The highest BCUT2D eigenvalue weighted by Crippen LogP contribution is 2.12. The molecule has 0 unspecified atom stereocenters. The first kappa shape index (κ1) is 11.1. The van der Waals surface area contributed by atoms with E-state index in [0.29, 0.717) is 10.9 Å². The normalized spacial score (nSPS) is 13.0. The van der Waals surface area contributed by atoms with Crippen LogP contribution in [0.1, 0.15) is 26.3 Å². The molecule has 0 fully saturated rings. The summed E-state index contributed by atoms with van der Waals surface area (Å²) in [5, 5.41) is 0.706. The summed E-state index contributed by atoms with van der Waals surface area (Å²) >= 11 is 5.77. The van der Waals surface area contributed by atoms with Crippen molar-refractivity contribution in [1.82, 2.24) is 0 Å². The molecular formula is C11H15ClN2. The average molecular weight is 211 g/mol. The van der Waals surface area contributed by atoms with Gasteiger partial charge in [0.05, 0.1) is 5.54 Å². The standard InChI is InChI=1S/C11H15ClN2/c1-11(2,3)14-10(13)8-4-6-9(12)7-5-8/h4-7H,1-3H3,(H2,13,14). The molecule has 3 heteroatoms. The van der Waals surface area contributed by atoms with Gasteiger partial charge in [-0.15, -0.1) is 0 Å². The van der Waals surface area contributed by atoms with Crippen LogP contribution in [0.2, 0.25) is 5.02 Å². The van der Waals surface area contributed by atoms with Crippen molar-refractivity contribution in [3.05, 3.63) is 34.9 Å². The molecule has 2 N–H and O–H groups in total. The molecule has 0 aliphatic carbocycles. The molecule has 0 bridgehead atoms. The molecule has 0 amide bonds. The first-order chi connectivity index (χ1) is 6.38. The largest absolute Gasteiger partial charge is 0.383 e. The summed E-state index contributed by atoms with van der Waals surface area (Å²) < 4.78 is 0. The Hall–Kier alpha value is -1.02. The average Bonchev–Trinajstić information content (AvgIpc) is 2.02. The molecular weight excluding hydrogens is 196 g/mol. The maximum Gasteiger partial charge on any atom is 0.126 e. The molecule has 0 saturated heterocycles. The SMILES string of the molecule is CC(C)(C)N=C(N)c1ccc(Cl)cc1. The van der Waals surface area contributed by atoms with Crippen LogP contribution in [-0.2, 0) is 0 Å². The zero-order valence-corrected chi connectivity index (χ0v) is 9.47. The predicted molar refractivity (Wildman–Crippen MR) is 61.9 cm³/mol. The third-order valence-electron chi connectivity index (χ3n) is 1.60. The van der Waals surface area contributed by atoms with E-state index in [-0.39, 0.29) is 5.54 Å². The molecule has 14 heavy (non-hydrogen) atoms. The highest BCUT2D eigenvalue weighted by atomic mass is 35.5. The van der Waals surface area contributed by atoms with E-state index < -0.39 is 0 Å². The number of aliphatic imine (C=N–C) groups is 1. The quantitative estimate of drug-likeness (QED) is 0.562. The molecule has 1 rings (SSSR count). The minimum absolute atomic E-state index is 0.149. The lowest BCUT2D eigenvalue weighted by Gasteiger charge is -2.13. The number of nitrogens with zero attached hydrogens (tertiary/aromatic N) is 1. The summed E-state index contributed by atoms with van der Waals surface area (Å²) in [6.45, 7) is 6.03. The van der Waals surface area contributed by atoms with Crippen LogP contribution in [0.5, 0.6) is 0 Å². The Labute approximate surface area is 89.8 Å². The molecule has 0 heterocycles. The lowest BCUT2D eigenvalue weighted by Crippen LogP contribution is -2.21. The number of hydrogen-bond donors (Lipinski definition) is 1. The van der Waals surface area contributed by atoms with Gasteiger partial charge < -0.3 is 5.73 Å². The van der Waals surface area contributed by atoms with Gasteiger partial charge >= 0.3 is 0 Å². The fourth-order valence-corrected chi connectivity index (χ4v) is 1.17. The van der Waals surface area contributed by atoms with E-state index in [0.717, 1.165) is 5.56 Å². The zero-order chi connectivity index (χ0) is 10.8. The molecule has 1 aromatic carbocycles. The summed E-state index contributed by atoms with van der Waals surface area (Å²) in [6.07, 6.45) is 0. The Morgan fingerprint density at radius 2 is 1.71 bits per heavy atom. The predicted octanol–water partition coefficient (Wildman–Crippen LogP) is 2.84. The first-order valence-corrected chi connectivity index (χ1v) is 4.87. The zero-order valence-electron chi connectivity index (χ0n) is 8.71. The molecule has 0 aromatic heterocycles. The monoisotopic (exact) mass is 210 g/mol. The van der Waals surface area contributed by atoms with Crippen molar-refractivity contribution in [1.29, 1.82) is 0 Å². The molecule has 76 valence electrons. The van der Waals surface area contributed by atoms with Gasteiger partial charge in [0.25, 0.3) is 0 Å². The lowest BCUT2D eigenvalue weighted by atomic mass is 10.1. The van der Waals surface area contributed by atoms with Crippen LogP contribution < -0.4 is 5.73 Å². The van der Waals surface area contributed by atoms with E-state index >= 15 is 0 Å². The molecule has 0 aliphatic heterocycles. The molecule has 0 radical (unpaired) electrons. The van der Waals surface area contributed by atoms with Gasteiger partial charge in [-0.2, -0.15) is 0 Å². The lowest BCUT2D eigenvalue weighted by molar-refractivity contribution is 0.583. The van der Waals surface area contributed by atoms with Crippen LogP contribution in [0, 0.1) is 0 Å². The fraction of sp³-hybridized carbons (Fsp3) is 0.364. The molecule has 0 atom stereocenters. The van der Waals surface area contributed by atoms with E-state index in [9.17, 15) is 0 Å². The summed E-state index contributed by atoms with van der Waals surface area (Å²) in [5.41, 5.74) is 6.60. The number of nitrogens with two attached hydrogens (primary N) is 1. The van der Waals surface area contributed by atoms with Crippen molar-refractivity contribution >= 4 is 17.4 Å². The van der Waals surface area contributed by atoms with Crippen LogP contribution in [0.3, 0.4) is 0 Å². The van der Waals surface area contributed by atoms with Crippen LogP contribution in [0.4, 0.5) is 0 Å². The van der Waals surface area contributed by atoms with Gasteiger partial charge in [0.15, 0.2) is 0 Å². The minimum atomic E-state index is -0.149. The van der Waals surface area contributed by atoms with Crippen LogP contribution in [0.25, 0.3) is 0 Å². The Morgan fingerprint density at radius 1 is 1.21 bits per heavy atom. The third kappa shape index (κ3) is 3.38. The third-order valence-corrected chi connectivity index (χ3v) is 1.85. The van der Waals surface area contributed by atoms with Crippen molar-refractivity contribution in [3.8, 4) is 0 Å². The van der Waals surface area contributed by atoms with Crippen molar-refractivity contribution in [2.24, 2.45) is 10.7 Å². The Balaban J connectivity index is 2.95. The molecule has 0 spiro atoms. The van der Waals surface area contributed by atoms with Gasteiger partial charge in [0.2, 0.25) is 0 Å². The second kappa shape index (κ2) is 4.01. The van der Waals surface area contributed by atoms with Crippen molar-refractivity contribution < 1.29 is 0 Å². The van der Waals surface area contributed by atoms with Gasteiger partial charge in [-0.3, -0.25) is 4.99 Å². The van der Waals surface area contributed by atoms with Crippen LogP contribution in [0.15, 0.2) is 29.3 Å². The molecule has 1 aromatic rings. The highest BCUT2D eigenvalue weighted by molar-refractivity contribution is 6.30. The van der Waals surface area contributed by atoms with E-state index in [1.807, 2.05) is 45.0 Å². The number of benzene rings is 1. The van der Waals surface area contributed by atoms with E-state index in [2.05, 4.69) is 4.99 Å². The Bertz CT molecular complexity index is 333. The van der Waals surface area contributed by atoms with Crippen LogP contribution in [-0.4, -0.2) is 11.4 Å². The second-order valence-corrected chi connectivity index (χ2v) is 4.61. The van der Waals surface area contributed by atoms with Gasteiger partial charge in [-0.25, -0.2) is 0 Å². The number of halogens is 1. The molecule has 0 saturated carbocycles. The Kier molecular flexibility index (Phi) is 3.17. The minimum Gasteiger partial charge on any atom is -0.383 e. The number of hydrogen-bond acceptors (Lipinski definition) is 1. The maximum absolute atomic E-state index is 5.84. The highest BCUT2D eigenvalue weighted by Gasteiger charge is 2.08. The fourth-order valence-electron chi connectivity index (χ4n) is 1.05. The number of rotatable bonds is 1. The Morgan fingerprint density at radius 3 is 2.14 bits per heavy atom. The van der Waals surface area contributed by atoms with Crippen molar-refractivity contribution in [2.45, 2.75) is 26.3 Å². The second-order valence-electron chi connectivity index (χ2n) is 4.17. The summed E-state index contributed by atoms with van der Waals surface area (Å²) in [7, 11) is 0.